The summed E-state index contributed by atoms with van der Waals surface area (Å²) in [4.78, 5) is 29.8. The molecule has 1 fully saturated rings. The van der Waals surface area contributed by atoms with Crippen LogP contribution in [0.25, 0.3) is 5.76 Å². The molecule has 4 rings (SSSR count). The van der Waals surface area contributed by atoms with E-state index < -0.39 is 17.7 Å². The topological polar surface area (TPSA) is 97.8 Å². The Morgan fingerprint density at radius 1 is 1.09 bits per heavy atom. The minimum atomic E-state index is -0.798. The Hall–Kier alpha value is -3.72. The van der Waals surface area contributed by atoms with E-state index in [-0.39, 0.29) is 11.3 Å². The first-order valence-electron chi connectivity index (χ1n) is 11.5. The Bertz CT molecular complexity index is 1160. The summed E-state index contributed by atoms with van der Waals surface area (Å²) in [6.45, 7) is 4.00. The van der Waals surface area contributed by atoms with Gasteiger partial charge in [0.2, 0.25) is 0 Å². The number of methoxy groups -OCH3 is 1. The molecule has 0 radical (unpaired) electrons. The number of hydrogen-bond acceptors (Lipinski definition) is 8. The van der Waals surface area contributed by atoms with Crippen LogP contribution < -0.4 is 18.9 Å². The van der Waals surface area contributed by atoms with Crippen molar-refractivity contribution >= 4 is 17.4 Å². The maximum absolute atomic E-state index is 13.2. The van der Waals surface area contributed by atoms with E-state index in [1.54, 1.807) is 36.4 Å². The molecule has 9 nitrogen and oxygen atoms in total. The Labute approximate surface area is 204 Å². The van der Waals surface area contributed by atoms with Gasteiger partial charge in [0.15, 0.2) is 23.0 Å². The molecule has 2 heterocycles. The SMILES string of the molecule is CCOc1ccc(C2C(=C(O)c3ccc4c(c3)OCCO4)C(=O)C(=O)N2CCN(C)C)cc1OC. The summed E-state index contributed by atoms with van der Waals surface area (Å²) >= 11 is 0. The van der Waals surface area contributed by atoms with Crippen LogP contribution in [0.15, 0.2) is 42.0 Å². The molecule has 0 saturated carbocycles. The van der Waals surface area contributed by atoms with Gasteiger partial charge in [-0.3, -0.25) is 9.59 Å². The minimum absolute atomic E-state index is 0.0108. The van der Waals surface area contributed by atoms with Crippen LogP contribution in [-0.2, 0) is 9.59 Å². The fraction of sp³-hybridized carbons (Fsp3) is 0.385. The van der Waals surface area contributed by atoms with Crippen LogP contribution in [0.1, 0.15) is 24.1 Å². The molecule has 186 valence electrons. The molecular weight excluding hydrogens is 452 g/mol. The molecule has 0 spiro atoms. The number of nitrogens with zero attached hydrogens (tertiary/aromatic N) is 2. The van der Waals surface area contributed by atoms with Gasteiger partial charge in [-0.15, -0.1) is 0 Å². The molecule has 0 aromatic heterocycles. The Morgan fingerprint density at radius 3 is 2.51 bits per heavy atom. The predicted octanol–water partition coefficient (Wildman–Crippen LogP) is 2.85. The Balaban J connectivity index is 1.84. The van der Waals surface area contributed by atoms with Crippen molar-refractivity contribution in [2.75, 3.05) is 54.1 Å². The molecule has 1 N–H and O–H groups in total. The maximum atomic E-state index is 13.2. The molecule has 2 aromatic carbocycles. The highest BCUT2D eigenvalue weighted by atomic mass is 16.6. The Morgan fingerprint density at radius 2 is 1.83 bits per heavy atom. The molecule has 9 heteroatoms. The number of likely N-dealkylation sites (N-methyl/N-ethyl adjacent to an activating group) is 1. The van der Waals surface area contributed by atoms with Crippen LogP contribution in [0.4, 0.5) is 0 Å². The number of aliphatic hydroxyl groups excluding tert-OH is 1. The quantitative estimate of drug-likeness (QED) is 0.349. The van der Waals surface area contributed by atoms with Crippen LogP contribution in [0.2, 0.25) is 0 Å². The number of ether oxygens (including phenoxy) is 4. The zero-order valence-corrected chi connectivity index (χ0v) is 20.4. The number of benzene rings is 2. The number of ketones is 1. The van der Waals surface area contributed by atoms with E-state index in [9.17, 15) is 14.7 Å². The van der Waals surface area contributed by atoms with E-state index >= 15 is 0 Å². The first-order chi connectivity index (χ1) is 16.8. The fourth-order valence-corrected chi connectivity index (χ4v) is 4.24. The Kier molecular flexibility index (Phi) is 7.16. The van der Waals surface area contributed by atoms with E-state index in [0.717, 1.165) is 0 Å². The highest BCUT2D eigenvalue weighted by Gasteiger charge is 2.46. The molecule has 1 atom stereocenters. The van der Waals surface area contributed by atoms with Gasteiger partial charge in [0.25, 0.3) is 11.7 Å². The van der Waals surface area contributed by atoms with Gasteiger partial charge in [0.05, 0.1) is 25.3 Å². The predicted molar refractivity (Wildman–Crippen MR) is 129 cm³/mol. The first-order valence-corrected chi connectivity index (χ1v) is 11.5. The van der Waals surface area contributed by atoms with Crippen molar-refractivity contribution < 1.29 is 33.6 Å². The molecule has 0 bridgehead atoms. The maximum Gasteiger partial charge on any atom is 0.295 e. The average Bonchev–Trinajstić information content (AvgIpc) is 3.12. The van der Waals surface area contributed by atoms with Gasteiger partial charge in [-0.05, 0) is 56.9 Å². The lowest BCUT2D eigenvalue weighted by Gasteiger charge is -2.27. The molecule has 2 aromatic rings. The molecule has 2 aliphatic heterocycles. The number of amides is 1. The summed E-state index contributed by atoms with van der Waals surface area (Å²) in [5.74, 6) is 0.384. The smallest absolute Gasteiger partial charge is 0.295 e. The van der Waals surface area contributed by atoms with Crippen LogP contribution in [0, 0.1) is 0 Å². The van der Waals surface area contributed by atoms with Gasteiger partial charge in [0, 0.05) is 18.7 Å². The highest BCUT2D eigenvalue weighted by Crippen LogP contribution is 2.43. The number of aliphatic hydroxyl groups is 1. The van der Waals surface area contributed by atoms with Crippen LogP contribution in [-0.4, -0.2) is 80.7 Å². The number of rotatable bonds is 8. The number of carbonyl (C=O) groups is 2. The van der Waals surface area contributed by atoms with E-state index in [2.05, 4.69) is 0 Å². The van der Waals surface area contributed by atoms with Crippen molar-refractivity contribution in [3.63, 3.8) is 0 Å². The third-order valence-electron chi connectivity index (χ3n) is 5.95. The van der Waals surface area contributed by atoms with Gasteiger partial charge in [-0.1, -0.05) is 6.07 Å². The lowest BCUT2D eigenvalue weighted by atomic mass is 9.94. The van der Waals surface area contributed by atoms with Gasteiger partial charge in [-0.2, -0.15) is 0 Å². The average molecular weight is 483 g/mol. The molecule has 1 unspecified atom stereocenters. The van der Waals surface area contributed by atoms with Gasteiger partial charge < -0.3 is 33.9 Å². The van der Waals surface area contributed by atoms with Crippen LogP contribution in [0.5, 0.6) is 23.0 Å². The number of likely N-dealkylation sites (tertiary alicyclic amines) is 1. The molecule has 1 saturated heterocycles. The van der Waals surface area contributed by atoms with Crippen molar-refractivity contribution in [1.29, 1.82) is 0 Å². The molecule has 0 aliphatic carbocycles. The van der Waals surface area contributed by atoms with Crippen molar-refractivity contribution in [2.45, 2.75) is 13.0 Å². The summed E-state index contributed by atoms with van der Waals surface area (Å²) in [5.41, 5.74) is 1.00. The lowest BCUT2D eigenvalue weighted by Crippen LogP contribution is -2.35. The molecular formula is C26H30N2O7. The van der Waals surface area contributed by atoms with Crippen molar-refractivity contribution in [3.05, 3.63) is 53.1 Å². The largest absolute Gasteiger partial charge is 0.507 e. The van der Waals surface area contributed by atoms with Gasteiger partial charge in [0.1, 0.15) is 19.0 Å². The van der Waals surface area contributed by atoms with Gasteiger partial charge in [-0.25, -0.2) is 0 Å². The molecule has 1 amide bonds. The standard InChI is InChI=1S/C26H30N2O7/c1-5-33-18-8-6-16(14-20(18)32-4)23-22(25(30)26(31)28(23)11-10-27(2)3)24(29)17-7-9-19-21(15-17)35-13-12-34-19/h6-9,14-15,23,29H,5,10-13H2,1-4H3. The fourth-order valence-electron chi connectivity index (χ4n) is 4.24. The third kappa shape index (κ3) is 4.77. The number of fused-ring (bicyclic) bond motifs is 1. The number of Topliss-reactive ketones (excluding diaryl/α,β-unsaturated/α-hetero) is 1. The van der Waals surface area contributed by atoms with Crippen LogP contribution >= 0.6 is 0 Å². The first kappa shape index (κ1) is 24.4. The zero-order chi connectivity index (χ0) is 25.1. The summed E-state index contributed by atoms with van der Waals surface area (Å²) < 4.78 is 22.3. The second-order valence-electron chi connectivity index (χ2n) is 8.50. The van der Waals surface area contributed by atoms with Crippen molar-refractivity contribution in [1.82, 2.24) is 9.80 Å². The normalized spacial score (nSPS) is 18.8. The van der Waals surface area contributed by atoms with Crippen molar-refractivity contribution in [2.24, 2.45) is 0 Å². The monoisotopic (exact) mass is 482 g/mol. The summed E-state index contributed by atoms with van der Waals surface area (Å²) in [7, 11) is 5.31. The number of carbonyl (C=O) groups excluding carboxylic acids is 2. The van der Waals surface area contributed by atoms with Crippen LogP contribution in [0.3, 0.4) is 0 Å². The number of hydrogen-bond donors (Lipinski definition) is 1. The summed E-state index contributed by atoms with van der Waals surface area (Å²) in [6.07, 6.45) is 0. The minimum Gasteiger partial charge on any atom is -0.507 e. The summed E-state index contributed by atoms with van der Waals surface area (Å²) in [6, 6.07) is 9.41. The molecule has 2 aliphatic rings. The molecule has 35 heavy (non-hydrogen) atoms. The van der Waals surface area contributed by atoms with Crippen molar-refractivity contribution in [3.8, 4) is 23.0 Å². The zero-order valence-electron chi connectivity index (χ0n) is 20.4. The third-order valence-corrected chi connectivity index (χ3v) is 5.95. The highest BCUT2D eigenvalue weighted by molar-refractivity contribution is 6.46. The lowest BCUT2D eigenvalue weighted by molar-refractivity contribution is -0.140. The van der Waals surface area contributed by atoms with E-state index in [1.165, 1.54) is 12.0 Å². The van der Waals surface area contributed by atoms with Gasteiger partial charge >= 0.3 is 0 Å². The summed E-state index contributed by atoms with van der Waals surface area (Å²) in [5, 5.41) is 11.3. The van der Waals surface area contributed by atoms with E-state index in [1.807, 2.05) is 25.9 Å². The van der Waals surface area contributed by atoms with E-state index in [0.29, 0.717) is 67.0 Å². The second kappa shape index (κ2) is 10.3. The van der Waals surface area contributed by atoms with E-state index in [4.69, 9.17) is 18.9 Å². The second-order valence-corrected chi connectivity index (χ2v) is 8.50.